The summed E-state index contributed by atoms with van der Waals surface area (Å²) in [6.45, 7) is -1.14. The van der Waals surface area contributed by atoms with Crippen LogP contribution in [-0.4, -0.2) is 44.9 Å². The third kappa shape index (κ3) is 6.56. The van der Waals surface area contributed by atoms with Gasteiger partial charge in [0.1, 0.15) is 0 Å². The fraction of sp³-hybridized carbons (Fsp3) is 0.364. The average Bonchev–Trinajstić information content (AvgIpc) is 2.27. The van der Waals surface area contributed by atoms with E-state index in [-0.39, 0.29) is 13.0 Å². The predicted octanol–water partition coefficient (Wildman–Crippen LogP) is 2.29. The minimum atomic E-state index is -4.61. The van der Waals surface area contributed by atoms with Crippen LogP contribution in [0.1, 0.15) is 5.56 Å². The highest BCUT2D eigenvalue weighted by Crippen LogP contribution is 2.38. The van der Waals surface area contributed by atoms with Gasteiger partial charge in [-0.1, -0.05) is 12.1 Å². The summed E-state index contributed by atoms with van der Waals surface area (Å²) in [7, 11) is -4.61. The number of hydrogen-bond donors (Lipinski definition) is 3. The van der Waals surface area contributed by atoms with Crippen molar-refractivity contribution in [3.63, 3.8) is 0 Å². The molecule has 0 aromatic heterocycles. The van der Waals surface area contributed by atoms with Crippen molar-refractivity contribution in [1.82, 2.24) is 0 Å². The monoisotopic (exact) mass is 445 g/mol. The number of halogens is 2. The molecule has 1 aromatic carbocycles. The van der Waals surface area contributed by atoms with E-state index >= 15 is 0 Å². The van der Waals surface area contributed by atoms with Gasteiger partial charge in [-0.3, -0.25) is 4.57 Å². The Hall–Kier alpha value is -0.280. The van der Waals surface area contributed by atoms with Crippen LogP contribution in [0.4, 0.5) is 0 Å². The number of quaternary nitrogens is 1. The molecule has 1 rings (SSSR count). The molecular weight excluding hydrogens is 433 g/mol. The topological polar surface area (TPSA) is 118 Å². The summed E-state index contributed by atoms with van der Waals surface area (Å²) in [5, 5.41) is 21.1. The first-order valence-electron chi connectivity index (χ1n) is 5.79. The number of carboxylic acid groups (broad SMARTS) is 1. The SMILES string of the molecule is O=C(O)C[N+]([O-])(CCc1cccc(Br)c1Br)CP(=O)(O)O. The van der Waals surface area contributed by atoms with Gasteiger partial charge < -0.3 is 24.7 Å². The zero-order valence-electron chi connectivity index (χ0n) is 10.8. The minimum absolute atomic E-state index is 0.191. The van der Waals surface area contributed by atoms with Gasteiger partial charge in [0.05, 0.1) is 6.54 Å². The van der Waals surface area contributed by atoms with Gasteiger partial charge in [-0.05, 0) is 43.5 Å². The Bertz CT molecular complexity index is 578. The molecule has 1 unspecified atom stereocenters. The van der Waals surface area contributed by atoms with Gasteiger partial charge in [-0.25, -0.2) is 4.79 Å². The van der Waals surface area contributed by atoms with Crippen LogP contribution >= 0.6 is 39.5 Å². The summed E-state index contributed by atoms with van der Waals surface area (Å²) in [6.07, 6.45) is -0.859. The van der Waals surface area contributed by atoms with E-state index in [4.69, 9.17) is 14.9 Å². The Kier molecular flexibility index (Phi) is 6.54. The lowest BCUT2D eigenvalue weighted by Crippen LogP contribution is -2.47. The molecule has 0 bridgehead atoms. The van der Waals surface area contributed by atoms with Crippen LogP contribution in [0.5, 0.6) is 0 Å². The first-order chi connectivity index (χ1) is 9.52. The Labute approximate surface area is 138 Å². The van der Waals surface area contributed by atoms with Crippen LogP contribution in [0.25, 0.3) is 0 Å². The summed E-state index contributed by atoms with van der Waals surface area (Å²) in [5.74, 6) is -1.40. The molecule has 3 N–H and O–H groups in total. The number of carbonyl (C=O) groups is 1. The van der Waals surface area contributed by atoms with Gasteiger partial charge in [-0.15, -0.1) is 0 Å². The molecule has 0 spiro atoms. The molecule has 21 heavy (non-hydrogen) atoms. The van der Waals surface area contributed by atoms with Crippen LogP contribution in [-0.2, 0) is 15.8 Å². The molecule has 0 heterocycles. The van der Waals surface area contributed by atoms with Crippen LogP contribution in [0.2, 0.25) is 0 Å². The molecule has 0 amide bonds. The van der Waals surface area contributed by atoms with E-state index in [2.05, 4.69) is 31.9 Å². The van der Waals surface area contributed by atoms with Crippen molar-refractivity contribution in [1.29, 1.82) is 0 Å². The molecule has 0 aliphatic heterocycles. The summed E-state index contributed by atoms with van der Waals surface area (Å²) in [5.41, 5.74) is 0.749. The number of nitrogens with zero attached hydrogens (tertiary/aromatic N) is 1. The number of hydrogen-bond acceptors (Lipinski definition) is 3. The van der Waals surface area contributed by atoms with E-state index in [0.717, 1.165) is 14.5 Å². The normalized spacial score (nSPS) is 14.7. The molecule has 0 saturated carbocycles. The average molecular weight is 447 g/mol. The molecular formula is C11H14Br2NO6P. The van der Waals surface area contributed by atoms with Gasteiger partial charge in [-0.2, -0.15) is 0 Å². The highest BCUT2D eigenvalue weighted by atomic mass is 79.9. The zero-order valence-corrected chi connectivity index (χ0v) is 14.8. The van der Waals surface area contributed by atoms with Crippen molar-refractivity contribution in [2.24, 2.45) is 0 Å². The number of benzene rings is 1. The number of aliphatic carboxylic acids is 1. The standard InChI is InChI=1S/C11H14Br2NO6P/c12-9-3-1-2-8(11(9)13)4-5-14(17,6-10(15)16)7-21(18,19)20/h1-3H,4-7H2,(H,15,16)(H2,18,19,20). The smallest absolute Gasteiger partial charge is 0.379 e. The highest BCUT2D eigenvalue weighted by Gasteiger charge is 2.30. The van der Waals surface area contributed by atoms with Crippen molar-refractivity contribution < 1.29 is 28.9 Å². The van der Waals surface area contributed by atoms with Gasteiger partial charge in [0, 0.05) is 15.4 Å². The molecule has 0 saturated heterocycles. The lowest BCUT2D eigenvalue weighted by atomic mass is 10.1. The fourth-order valence-electron chi connectivity index (χ4n) is 1.85. The maximum atomic E-state index is 12.3. The number of carboxylic acids is 1. The van der Waals surface area contributed by atoms with Crippen molar-refractivity contribution in [2.45, 2.75) is 6.42 Å². The molecule has 0 radical (unpaired) electrons. The quantitative estimate of drug-likeness (QED) is 0.336. The summed E-state index contributed by atoms with van der Waals surface area (Å²) in [4.78, 5) is 28.6. The second-order valence-corrected chi connectivity index (χ2v) is 7.86. The van der Waals surface area contributed by atoms with Gasteiger partial charge in [0.15, 0.2) is 12.8 Å². The van der Waals surface area contributed by atoms with Crippen molar-refractivity contribution in [3.8, 4) is 0 Å². The van der Waals surface area contributed by atoms with Crippen molar-refractivity contribution in [3.05, 3.63) is 37.9 Å². The fourth-order valence-corrected chi connectivity index (χ4v) is 3.63. The maximum Gasteiger partial charge on any atom is 0.379 e. The summed E-state index contributed by atoms with van der Waals surface area (Å²) in [6, 6.07) is 5.29. The molecule has 118 valence electrons. The Morgan fingerprint density at radius 2 is 1.95 bits per heavy atom. The molecule has 0 aliphatic rings. The van der Waals surface area contributed by atoms with Crippen molar-refractivity contribution in [2.75, 3.05) is 19.4 Å². The Morgan fingerprint density at radius 1 is 1.33 bits per heavy atom. The summed E-state index contributed by atoms with van der Waals surface area (Å²) >= 11 is 6.64. The van der Waals surface area contributed by atoms with Crippen LogP contribution in [0, 0.1) is 5.21 Å². The molecule has 7 nitrogen and oxygen atoms in total. The van der Waals surface area contributed by atoms with E-state index in [1.54, 1.807) is 18.2 Å². The third-order valence-corrected chi connectivity index (χ3v) is 5.70. The predicted molar refractivity (Wildman–Crippen MR) is 83.5 cm³/mol. The highest BCUT2D eigenvalue weighted by molar-refractivity contribution is 9.13. The Morgan fingerprint density at radius 3 is 2.48 bits per heavy atom. The molecule has 0 aliphatic carbocycles. The largest absolute Gasteiger partial charge is 0.632 e. The second kappa shape index (κ2) is 7.32. The van der Waals surface area contributed by atoms with Crippen LogP contribution in [0.3, 0.4) is 0 Å². The molecule has 10 heteroatoms. The zero-order chi connectivity index (χ0) is 16.3. The van der Waals surface area contributed by atoms with Crippen molar-refractivity contribution >= 4 is 45.4 Å². The third-order valence-electron chi connectivity index (χ3n) is 2.69. The van der Waals surface area contributed by atoms with E-state index in [1.165, 1.54) is 0 Å². The Balaban J connectivity index is 2.89. The minimum Gasteiger partial charge on any atom is -0.632 e. The number of hydroxylamine groups is 3. The first-order valence-corrected chi connectivity index (χ1v) is 9.17. The van der Waals surface area contributed by atoms with Gasteiger partial charge in [0.25, 0.3) is 0 Å². The van der Waals surface area contributed by atoms with Gasteiger partial charge in [0.2, 0.25) is 0 Å². The molecule has 1 aromatic rings. The lowest BCUT2D eigenvalue weighted by molar-refractivity contribution is -0.862. The second-order valence-electron chi connectivity index (χ2n) is 4.60. The lowest BCUT2D eigenvalue weighted by Gasteiger charge is -2.41. The van der Waals surface area contributed by atoms with Gasteiger partial charge >= 0.3 is 13.6 Å². The maximum absolute atomic E-state index is 12.3. The van der Waals surface area contributed by atoms with E-state index in [1.807, 2.05) is 0 Å². The number of rotatable bonds is 7. The van der Waals surface area contributed by atoms with Crippen LogP contribution in [0.15, 0.2) is 27.1 Å². The van der Waals surface area contributed by atoms with Crippen LogP contribution < -0.4 is 0 Å². The summed E-state index contributed by atoms with van der Waals surface area (Å²) < 4.78 is 11.1. The van der Waals surface area contributed by atoms with E-state index < -0.39 is 31.0 Å². The van der Waals surface area contributed by atoms with E-state index in [9.17, 15) is 14.6 Å². The molecule has 0 fully saturated rings. The van der Waals surface area contributed by atoms with E-state index in [0.29, 0.717) is 0 Å². The first kappa shape index (κ1) is 18.8. The molecule has 1 atom stereocenters.